The first-order valence-corrected chi connectivity index (χ1v) is 7.45. The molecular formula is C14H27N3O2. The van der Waals surface area contributed by atoms with Gasteiger partial charge >= 0.3 is 0 Å². The van der Waals surface area contributed by atoms with Crippen molar-refractivity contribution < 1.29 is 10.0 Å². The minimum atomic E-state index is -0.00552. The summed E-state index contributed by atoms with van der Waals surface area (Å²) in [6.45, 7) is 2.18. The van der Waals surface area contributed by atoms with Crippen molar-refractivity contribution in [3.63, 3.8) is 0 Å². The average molecular weight is 269 g/mol. The van der Waals surface area contributed by atoms with Crippen LogP contribution >= 0.6 is 0 Å². The number of nitrogens with zero attached hydrogens (tertiary/aromatic N) is 1. The second-order valence-electron chi connectivity index (χ2n) is 5.40. The first-order chi connectivity index (χ1) is 9.19. The fraction of sp³-hybridized carbons (Fsp3) is 0.857. The summed E-state index contributed by atoms with van der Waals surface area (Å²) in [6, 6.07) is 0.0408. The molecule has 1 saturated carbocycles. The van der Waals surface area contributed by atoms with E-state index in [1.165, 1.54) is 19.3 Å². The van der Waals surface area contributed by atoms with Gasteiger partial charge in [-0.15, -0.1) is 0 Å². The van der Waals surface area contributed by atoms with Crippen LogP contribution in [0, 0.1) is 5.92 Å². The summed E-state index contributed by atoms with van der Waals surface area (Å²) in [4.78, 5) is 11.8. The third kappa shape index (κ3) is 5.49. The smallest absolute Gasteiger partial charge is 0.220 e. The highest BCUT2D eigenvalue weighted by molar-refractivity contribution is 5.84. The summed E-state index contributed by atoms with van der Waals surface area (Å²) >= 11 is 0. The fourth-order valence-electron chi connectivity index (χ4n) is 2.73. The van der Waals surface area contributed by atoms with Gasteiger partial charge in [-0.2, -0.15) is 0 Å². The van der Waals surface area contributed by atoms with Crippen LogP contribution in [0.4, 0.5) is 0 Å². The first kappa shape index (κ1) is 15.8. The number of hydrogen-bond donors (Lipinski definition) is 3. The molecule has 1 fully saturated rings. The van der Waals surface area contributed by atoms with E-state index in [0.717, 1.165) is 32.1 Å². The third-order valence-corrected chi connectivity index (χ3v) is 3.87. The fourth-order valence-corrected chi connectivity index (χ4v) is 2.73. The summed E-state index contributed by atoms with van der Waals surface area (Å²) < 4.78 is 0. The third-order valence-electron chi connectivity index (χ3n) is 3.87. The molecule has 5 heteroatoms. The largest absolute Gasteiger partial charge is 0.409 e. The van der Waals surface area contributed by atoms with Crippen LogP contribution in [0.5, 0.6) is 0 Å². The Hall–Kier alpha value is -1.26. The van der Waals surface area contributed by atoms with E-state index < -0.39 is 0 Å². The van der Waals surface area contributed by atoms with Gasteiger partial charge in [0.1, 0.15) is 5.84 Å². The monoisotopic (exact) mass is 269 g/mol. The zero-order chi connectivity index (χ0) is 14.1. The molecule has 2 unspecified atom stereocenters. The van der Waals surface area contributed by atoms with Gasteiger partial charge in [0.15, 0.2) is 0 Å². The number of amidine groups is 1. The van der Waals surface area contributed by atoms with Gasteiger partial charge in [0.2, 0.25) is 5.91 Å². The molecule has 0 spiro atoms. The van der Waals surface area contributed by atoms with Crippen LogP contribution in [0.2, 0.25) is 0 Å². The summed E-state index contributed by atoms with van der Waals surface area (Å²) in [5.41, 5.74) is 5.65. The summed E-state index contributed by atoms with van der Waals surface area (Å²) in [5, 5.41) is 14.8. The zero-order valence-electron chi connectivity index (χ0n) is 11.9. The lowest BCUT2D eigenvalue weighted by atomic mass is 10.0. The Labute approximate surface area is 115 Å². The van der Waals surface area contributed by atoms with E-state index in [-0.39, 0.29) is 23.7 Å². The molecule has 1 aliphatic rings. The predicted octanol–water partition coefficient (Wildman–Crippen LogP) is 2.38. The molecule has 0 bridgehead atoms. The van der Waals surface area contributed by atoms with Crippen molar-refractivity contribution in [3.8, 4) is 0 Å². The van der Waals surface area contributed by atoms with Gasteiger partial charge in [-0.1, -0.05) is 44.2 Å². The van der Waals surface area contributed by atoms with Gasteiger partial charge in [0.05, 0.1) is 0 Å². The Morgan fingerprint density at radius 3 is 2.74 bits per heavy atom. The van der Waals surface area contributed by atoms with Gasteiger partial charge in [-0.25, -0.2) is 0 Å². The molecule has 0 aromatic rings. The van der Waals surface area contributed by atoms with E-state index in [0.29, 0.717) is 6.42 Å². The number of carbonyl (C=O) groups is 1. The molecule has 5 nitrogen and oxygen atoms in total. The molecule has 1 aliphatic carbocycles. The number of nitrogens with one attached hydrogen (secondary N) is 1. The number of carbonyl (C=O) groups excluding carboxylic acids is 1. The van der Waals surface area contributed by atoms with E-state index >= 15 is 0 Å². The van der Waals surface area contributed by atoms with Crippen LogP contribution in [-0.2, 0) is 4.79 Å². The van der Waals surface area contributed by atoms with Crippen molar-refractivity contribution in [1.82, 2.24) is 5.32 Å². The predicted molar refractivity (Wildman–Crippen MR) is 76.1 cm³/mol. The summed E-state index contributed by atoms with van der Waals surface area (Å²) in [5.74, 6) is 0.332. The molecule has 0 heterocycles. The second kappa shape index (κ2) is 8.77. The van der Waals surface area contributed by atoms with Crippen molar-refractivity contribution >= 4 is 11.7 Å². The molecule has 110 valence electrons. The molecule has 19 heavy (non-hydrogen) atoms. The number of rotatable bonds is 8. The zero-order valence-corrected chi connectivity index (χ0v) is 11.9. The van der Waals surface area contributed by atoms with Gasteiger partial charge in [-0.05, 0) is 19.3 Å². The molecule has 0 aromatic carbocycles. The topological polar surface area (TPSA) is 87.7 Å². The maximum atomic E-state index is 11.8. The molecule has 4 N–H and O–H groups in total. The molecular weight excluding hydrogens is 242 g/mol. The van der Waals surface area contributed by atoms with Crippen LogP contribution < -0.4 is 11.1 Å². The number of amides is 1. The maximum absolute atomic E-state index is 11.8. The molecule has 0 radical (unpaired) electrons. The van der Waals surface area contributed by atoms with E-state index in [4.69, 9.17) is 10.9 Å². The Balaban J connectivity index is 2.24. The quantitative estimate of drug-likeness (QED) is 0.208. The van der Waals surface area contributed by atoms with Crippen molar-refractivity contribution in [2.24, 2.45) is 16.8 Å². The van der Waals surface area contributed by atoms with Crippen LogP contribution in [0.1, 0.15) is 64.7 Å². The van der Waals surface area contributed by atoms with E-state index in [2.05, 4.69) is 17.4 Å². The highest BCUT2D eigenvalue weighted by Gasteiger charge is 2.31. The van der Waals surface area contributed by atoms with Crippen molar-refractivity contribution in [3.05, 3.63) is 0 Å². The molecule has 2 atom stereocenters. The summed E-state index contributed by atoms with van der Waals surface area (Å²) in [7, 11) is 0. The van der Waals surface area contributed by atoms with Crippen LogP contribution in [-0.4, -0.2) is 23.0 Å². The van der Waals surface area contributed by atoms with Gasteiger partial charge in [0, 0.05) is 18.4 Å². The van der Waals surface area contributed by atoms with Gasteiger partial charge in [0.25, 0.3) is 0 Å². The van der Waals surface area contributed by atoms with Crippen molar-refractivity contribution in [1.29, 1.82) is 0 Å². The van der Waals surface area contributed by atoms with E-state index in [1.54, 1.807) is 0 Å². The lowest BCUT2D eigenvalue weighted by Crippen LogP contribution is -2.42. The average Bonchev–Trinajstić information content (AvgIpc) is 2.85. The summed E-state index contributed by atoms with van der Waals surface area (Å²) in [6.07, 6.45) is 9.15. The Morgan fingerprint density at radius 2 is 2.05 bits per heavy atom. The molecule has 0 aliphatic heterocycles. The molecule has 0 saturated heterocycles. The molecule has 1 amide bonds. The number of hydrogen-bond acceptors (Lipinski definition) is 3. The van der Waals surface area contributed by atoms with Crippen molar-refractivity contribution in [2.75, 3.05) is 0 Å². The Morgan fingerprint density at radius 1 is 1.32 bits per heavy atom. The van der Waals surface area contributed by atoms with Crippen LogP contribution in [0.25, 0.3) is 0 Å². The van der Waals surface area contributed by atoms with Gasteiger partial charge < -0.3 is 16.3 Å². The highest BCUT2D eigenvalue weighted by Crippen LogP contribution is 2.25. The standard InChI is InChI=1S/C14H27N3O2/c1-2-3-4-5-6-10-13(18)16-12-9-7-8-11(12)14(15)17-19/h11-12,19H,2-10H2,1H3,(H2,15,17)(H,16,18). The SMILES string of the molecule is CCCCCCCC(=O)NC1CCCC1C(N)=NO. The van der Waals surface area contributed by atoms with Gasteiger partial charge in [-0.3, -0.25) is 4.79 Å². The number of unbranched alkanes of at least 4 members (excludes halogenated alkanes) is 4. The van der Waals surface area contributed by atoms with Crippen LogP contribution in [0.15, 0.2) is 5.16 Å². The minimum absolute atomic E-state index is 0.00552. The maximum Gasteiger partial charge on any atom is 0.220 e. The highest BCUT2D eigenvalue weighted by atomic mass is 16.4. The first-order valence-electron chi connectivity index (χ1n) is 7.45. The Bertz CT molecular complexity index is 305. The normalized spacial score (nSPS) is 23.5. The number of oxime groups is 1. The molecule has 0 aromatic heterocycles. The minimum Gasteiger partial charge on any atom is -0.409 e. The number of nitrogens with two attached hydrogens (primary N) is 1. The van der Waals surface area contributed by atoms with E-state index in [1.807, 2.05) is 0 Å². The van der Waals surface area contributed by atoms with Crippen LogP contribution in [0.3, 0.4) is 0 Å². The lowest BCUT2D eigenvalue weighted by Gasteiger charge is -2.19. The van der Waals surface area contributed by atoms with E-state index in [9.17, 15) is 4.79 Å². The Kier molecular flexibility index (Phi) is 7.30. The lowest BCUT2D eigenvalue weighted by molar-refractivity contribution is -0.122. The van der Waals surface area contributed by atoms with Crippen molar-refractivity contribution in [2.45, 2.75) is 70.8 Å². The molecule has 1 rings (SSSR count). The second-order valence-corrected chi connectivity index (χ2v) is 5.40.